The van der Waals surface area contributed by atoms with E-state index in [1.54, 1.807) is 12.1 Å². The first kappa shape index (κ1) is 16.4. The van der Waals surface area contributed by atoms with Crippen LogP contribution in [0.2, 0.25) is 0 Å². The lowest BCUT2D eigenvalue weighted by Crippen LogP contribution is -2.45. The molecule has 1 heterocycles. The first-order valence-electron chi connectivity index (χ1n) is 7.07. The maximum atomic E-state index is 12.9. The molecule has 1 aromatic rings. The maximum absolute atomic E-state index is 12.9. The van der Waals surface area contributed by atoms with Gasteiger partial charge in [-0.25, -0.2) is 4.39 Å². The van der Waals surface area contributed by atoms with Crippen LogP contribution in [0.4, 0.5) is 4.39 Å². The van der Waals surface area contributed by atoms with E-state index >= 15 is 0 Å². The Balaban J connectivity index is 1.91. The average molecular weight is 310 g/mol. The van der Waals surface area contributed by atoms with E-state index in [4.69, 9.17) is 9.47 Å². The van der Waals surface area contributed by atoms with Crippen LogP contribution < -0.4 is 10.9 Å². The Kier molecular flexibility index (Phi) is 5.46. The Morgan fingerprint density at radius 1 is 1.18 bits per heavy atom. The van der Waals surface area contributed by atoms with E-state index in [2.05, 4.69) is 10.9 Å². The van der Waals surface area contributed by atoms with Gasteiger partial charge in [0.1, 0.15) is 5.82 Å². The van der Waals surface area contributed by atoms with Gasteiger partial charge in [-0.3, -0.25) is 20.4 Å². The van der Waals surface area contributed by atoms with Gasteiger partial charge in [0, 0.05) is 13.3 Å². The third kappa shape index (κ3) is 4.78. The fourth-order valence-electron chi connectivity index (χ4n) is 2.26. The van der Waals surface area contributed by atoms with Crippen LogP contribution in [0.15, 0.2) is 24.3 Å². The van der Waals surface area contributed by atoms with E-state index in [0.29, 0.717) is 26.1 Å². The summed E-state index contributed by atoms with van der Waals surface area (Å²) in [6.45, 7) is 2.13. The fraction of sp³-hybridized carbons (Fsp3) is 0.467. The SMILES string of the molecule is CC(=O)NNC(=O)CC1(CCc2ccc(F)cc2)OCCO1. The number of amides is 2. The highest BCUT2D eigenvalue weighted by atomic mass is 19.1. The van der Waals surface area contributed by atoms with Crippen molar-refractivity contribution in [1.29, 1.82) is 0 Å². The van der Waals surface area contributed by atoms with Crippen LogP contribution in [-0.2, 0) is 25.5 Å². The van der Waals surface area contributed by atoms with Gasteiger partial charge in [0.25, 0.3) is 0 Å². The molecule has 0 radical (unpaired) electrons. The van der Waals surface area contributed by atoms with Crippen molar-refractivity contribution >= 4 is 11.8 Å². The van der Waals surface area contributed by atoms with Crippen LogP contribution >= 0.6 is 0 Å². The molecule has 120 valence electrons. The number of carbonyl (C=O) groups is 2. The van der Waals surface area contributed by atoms with Gasteiger partial charge in [0.2, 0.25) is 11.8 Å². The Labute approximate surface area is 127 Å². The summed E-state index contributed by atoms with van der Waals surface area (Å²) in [7, 11) is 0. The van der Waals surface area contributed by atoms with Crippen molar-refractivity contribution in [2.45, 2.75) is 32.0 Å². The molecule has 1 aliphatic rings. The summed E-state index contributed by atoms with van der Waals surface area (Å²) in [6, 6.07) is 6.16. The normalized spacial score (nSPS) is 16.3. The summed E-state index contributed by atoms with van der Waals surface area (Å²) in [4.78, 5) is 22.6. The van der Waals surface area contributed by atoms with Gasteiger partial charge < -0.3 is 9.47 Å². The number of hydrazine groups is 1. The lowest BCUT2D eigenvalue weighted by Gasteiger charge is -2.26. The minimum atomic E-state index is -1.00. The summed E-state index contributed by atoms with van der Waals surface area (Å²) >= 11 is 0. The monoisotopic (exact) mass is 310 g/mol. The number of nitrogens with one attached hydrogen (secondary N) is 2. The summed E-state index contributed by atoms with van der Waals surface area (Å²) in [5.41, 5.74) is 5.45. The van der Waals surface area contributed by atoms with Gasteiger partial charge in [-0.15, -0.1) is 0 Å². The molecular weight excluding hydrogens is 291 g/mol. The van der Waals surface area contributed by atoms with Crippen LogP contribution in [0.25, 0.3) is 0 Å². The number of benzene rings is 1. The third-order valence-electron chi connectivity index (χ3n) is 3.33. The lowest BCUT2D eigenvalue weighted by molar-refractivity contribution is -0.174. The molecule has 7 heteroatoms. The van der Waals surface area contributed by atoms with Crippen molar-refractivity contribution in [3.8, 4) is 0 Å². The maximum Gasteiger partial charge on any atom is 0.243 e. The number of ether oxygens (including phenoxy) is 2. The molecule has 1 aromatic carbocycles. The van der Waals surface area contributed by atoms with Crippen molar-refractivity contribution in [2.75, 3.05) is 13.2 Å². The van der Waals surface area contributed by atoms with Crippen LogP contribution in [0, 0.1) is 5.82 Å². The first-order valence-corrected chi connectivity index (χ1v) is 7.07. The largest absolute Gasteiger partial charge is 0.347 e. The molecule has 2 N–H and O–H groups in total. The molecule has 0 saturated carbocycles. The zero-order chi connectivity index (χ0) is 16.0. The molecule has 0 aliphatic carbocycles. The molecule has 2 rings (SSSR count). The van der Waals surface area contributed by atoms with E-state index in [9.17, 15) is 14.0 Å². The van der Waals surface area contributed by atoms with Gasteiger partial charge >= 0.3 is 0 Å². The van der Waals surface area contributed by atoms with Crippen LogP contribution in [-0.4, -0.2) is 30.8 Å². The lowest BCUT2D eigenvalue weighted by atomic mass is 10.0. The second kappa shape index (κ2) is 7.33. The molecule has 0 unspecified atom stereocenters. The van der Waals surface area contributed by atoms with Crippen LogP contribution in [0.5, 0.6) is 0 Å². The van der Waals surface area contributed by atoms with E-state index < -0.39 is 11.7 Å². The van der Waals surface area contributed by atoms with Gasteiger partial charge in [-0.1, -0.05) is 12.1 Å². The van der Waals surface area contributed by atoms with Crippen LogP contribution in [0.3, 0.4) is 0 Å². The van der Waals surface area contributed by atoms with Crippen molar-refractivity contribution < 1.29 is 23.5 Å². The number of hydrogen-bond acceptors (Lipinski definition) is 4. The molecule has 0 atom stereocenters. The molecule has 1 saturated heterocycles. The van der Waals surface area contributed by atoms with E-state index in [0.717, 1.165) is 5.56 Å². The summed E-state index contributed by atoms with van der Waals surface area (Å²) in [5.74, 6) is -2.04. The molecule has 6 nitrogen and oxygen atoms in total. The highest BCUT2D eigenvalue weighted by molar-refractivity contribution is 5.81. The van der Waals surface area contributed by atoms with Crippen molar-refractivity contribution in [2.24, 2.45) is 0 Å². The van der Waals surface area contributed by atoms with E-state index in [-0.39, 0.29) is 18.1 Å². The van der Waals surface area contributed by atoms with Gasteiger partial charge in [-0.2, -0.15) is 0 Å². The van der Waals surface area contributed by atoms with Gasteiger partial charge in [-0.05, 0) is 24.1 Å². The van der Waals surface area contributed by atoms with E-state index in [1.807, 2.05) is 0 Å². The van der Waals surface area contributed by atoms with Gasteiger partial charge in [0.15, 0.2) is 5.79 Å². The highest BCUT2D eigenvalue weighted by Gasteiger charge is 2.38. The minimum Gasteiger partial charge on any atom is -0.347 e. The predicted octanol–water partition coefficient (Wildman–Crippen LogP) is 1.06. The zero-order valence-electron chi connectivity index (χ0n) is 12.4. The second-order valence-corrected chi connectivity index (χ2v) is 5.14. The average Bonchev–Trinajstić information content (AvgIpc) is 2.93. The smallest absolute Gasteiger partial charge is 0.243 e. The summed E-state index contributed by atoms with van der Waals surface area (Å²) in [5, 5.41) is 0. The number of hydrogen-bond donors (Lipinski definition) is 2. The molecule has 22 heavy (non-hydrogen) atoms. The first-order chi connectivity index (χ1) is 10.5. The molecule has 0 bridgehead atoms. The predicted molar refractivity (Wildman–Crippen MR) is 75.9 cm³/mol. The molecule has 0 spiro atoms. The van der Waals surface area contributed by atoms with Gasteiger partial charge in [0.05, 0.1) is 19.6 Å². The Morgan fingerprint density at radius 2 is 1.82 bits per heavy atom. The topological polar surface area (TPSA) is 76.7 Å². The molecule has 1 aliphatic heterocycles. The number of aryl methyl sites for hydroxylation is 1. The minimum absolute atomic E-state index is 0.0194. The Hall–Kier alpha value is -1.99. The number of carbonyl (C=O) groups excluding carboxylic acids is 2. The zero-order valence-corrected chi connectivity index (χ0v) is 12.4. The molecular formula is C15H19FN2O4. The standard InChI is InChI=1S/C15H19FN2O4/c1-11(19)17-18-14(20)10-15(21-8-9-22-15)7-6-12-2-4-13(16)5-3-12/h2-5H,6-10H2,1H3,(H,17,19)(H,18,20). The molecule has 1 fully saturated rings. The van der Waals surface area contributed by atoms with E-state index in [1.165, 1.54) is 19.1 Å². The number of rotatable bonds is 5. The summed E-state index contributed by atoms with van der Waals surface area (Å²) in [6.07, 6.45) is 1.04. The Bertz CT molecular complexity index is 527. The Morgan fingerprint density at radius 3 is 2.41 bits per heavy atom. The van der Waals surface area contributed by atoms with Crippen molar-refractivity contribution in [3.05, 3.63) is 35.6 Å². The third-order valence-corrected chi connectivity index (χ3v) is 3.33. The van der Waals surface area contributed by atoms with Crippen molar-refractivity contribution in [3.63, 3.8) is 0 Å². The highest BCUT2D eigenvalue weighted by Crippen LogP contribution is 2.29. The fourth-order valence-corrected chi connectivity index (χ4v) is 2.26. The molecule has 2 amide bonds. The summed E-state index contributed by atoms with van der Waals surface area (Å²) < 4.78 is 24.1. The second-order valence-electron chi connectivity index (χ2n) is 5.14. The quantitative estimate of drug-likeness (QED) is 0.797. The molecule has 0 aromatic heterocycles. The van der Waals surface area contributed by atoms with Crippen molar-refractivity contribution in [1.82, 2.24) is 10.9 Å². The van der Waals surface area contributed by atoms with Crippen LogP contribution in [0.1, 0.15) is 25.3 Å². The number of halogens is 1.